The Kier molecular flexibility index (Phi) is 20.6. The molecule has 55 heavy (non-hydrogen) atoms. The van der Waals surface area contributed by atoms with E-state index in [0.717, 1.165) is 0 Å². The summed E-state index contributed by atoms with van der Waals surface area (Å²) in [4.78, 5) is 32.3. The van der Waals surface area contributed by atoms with Gasteiger partial charge in [-0.15, -0.1) is 0 Å². The Bertz CT molecular complexity index is 1210. The first-order chi connectivity index (χ1) is 22.9. The van der Waals surface area contributed by atoms with Crippen molar-refractivity contribution in [1.29, 1.82) is 0 Å². The maximum atomic E-state index is 12.8. The van der Waals surface area contributed by atoms with Crippen LogP contribution in [0.3, 0.4) is 0 Å². The minimum Gasteiger partial charge on any atom is -0.400 e. The van der Waals surface area contributed by atoms with Crippen LogP contribution in [0.25, 0.3) is 0 Å². The molecule has 0 aromatic heterocycles. The van der Waals surface area contributed by atoms with Crippen molar-refractivity contribution in [1.82, 2.24) is 0 Å². The number of carbonyl (C=O) groups excluding carboxylic acids is 3. The predicted molar refractivity (Wildman–Crippen MR) is 145 cm³/mol. The molecule has 0 atom stereocenters. The van der Waals surface area contributed by atoms with E-state index in [-0.39, 0.29) is 65.2 Å². The molecule has 0 N–H and O–H groups in total. The summed E-state index contributed by atoms with van der Waals surface area (Å²) in [5, 5.41) is 0. The van der Waals surface area contributed by atoms with Crippen LogP contribution in [0.5, 0.6) is 0 Å². The molecule has 329 valence electrons. The number of allylic oxidation sites excluding steroid dienone is 6. The second kappa shape index (κ2) is 18.9. The number of hydrogen-bond acceptors (Lipinski definition) is 3. The van der Waals surface area contributed by atoms with Gasteiger partial charge in [0.15, 0.2) is 0 Å². The van der Waals surface area contributed by atoms with E-state index >= 15 is 0 Å². The quantitative estimate of drug-likeness (QED) is 0.131. The van der Waals surface area contributed by atoms with Crippen LogP contribution in [0.15, 0.2) is 18.2 Å². The first kappa shape index (κ1) is 60.0. The summed E-state index contributed by atoms with van der Waals surface area (Å²) in [6, 6.07) is 0. The normalized spacial score (nSPS) is 14.9. The molecule has 0 saturated carbocycles. The standard InChI is InChI=1S/3C10H10F7O.Yb/c3*1-7(2,3)5-4-6(18)8(11,12)9(13,14)10(15,16)17;/h3*4H,1-3H3;/q3*-1;+3. The van der Waals surface area contributed by atoms with E-state index in [0.29, 0.717) is 0 Å². The average molecular weight is 1010 g/mol. The molecule has 0 bridgehead atoms. The van der Waals surface area contributed by atoms with Crippen molar-refractivity contribution in [3.8, 4) is 0 Å². The fraction of sp³-hybridized carbons (Fsp3) is 0.700. The molecule has 3 nitrogen and oxygen atoms in total. The Hall–Kier alpha value is -1.72. The first-order valence-electron chi connectivity index (χ1n) is 13.8. The summed E-state index contributed by atoms with van der Waals surface area (Å²) in [7, 11) is 0. The summed E-state index contributed by atoms with van der Waals surface area (Å²) >= 11 is 0. The number of ketones is 3. The Balaban J connectivity index is -0.000000351. The SMILES string of the molecule is CC(C)(C)[C-]=CC(=O)C(F)(F)C(F)(F)C(F)(F)F.CC(C)(C)[C-]=CC(=O)C(F)(F)C(F)(F)C(F)(F)F.CC(C)(C)[C-]=CC(=O)C(F)(F)C(F)(F)C(F)(F)F.[Yb+3]. The third kappa shape index (κ3) is 17.0. The van der Waals surface area contributed by atoms with Crippen molar-refractivity contribution in [2.45, 2.75) is 116 Å². The molecule has 0 aliphatic heterocycles. The second-order valence-electron chi connectivity index (χ2n) is 13.6. The molecular weight excluding hydrogens is 980 g/mol. The zero-order chi connectivity index (χ0) is 45.0. The van der Waals surface area contributed by atoms with Crippen molar-refractivity contribution < 1.29 is 154 Å². The molecule has 0 aliphatic carbocycles. The predicted octanol–water partition coefficient (Wildman–Crippen LogP) is 11.4. The van der Waals surface area contributed by atoms with Crippen molar-refractivity contribution in [2.75, 3.05) is 0 Å². The molecule has 0 aromatic rings. The Labute approximate surface area is 338 Å². The molecule has 0 aliphatic rings. The fourth-order valence-corrected chi connectivity index (χ4v) is 2.12. The van der Waals surface area contributed by atoms with E-state index in [1.165, 1.54) is 62.3 Å². The van der Waals surface area contributed by atoms with E-state index < -0.39 is 87.7 Å². The van der Waals surface area contributed by atoms with Gasteiger partial charge in [0.2, 0.25) is 0 Å². The van der Waals surface area contributed by atoms with Gasteiger partial charge in [-0.3, -0.25) is 18.2 Å². The third-order valence-electron chi connectivity index (χ3n) is 5.09. The van der Waals surface area contributed by atoms with E-state index in [2.05, 4.69) is 0 Å². The molecule has 0 heterocycles. The minimum atomic E-state index is -6.51. The summed E-state index contributed by atoms with van der Waals surface area (Å²) in [6.45, 7) is 12.6. The van der Waals surface area contributed by atoms with E-state index in [1.54, 1.807) is 0 Å². The van der Waals surface area contributed by atoms with Gasteiger partial charge in [-0.25, -0.2) is 26.3 Å². The summed E-state index contributed by atoms with van der Waals surface area (Å²) in [5.41, 5.74) is -2.79. The topological polar surface area (TPSA) is 51.2 Å². The minimum absolute atomic E-state index is 0. The van der Waals surface area contributed by atoms with Gasteiger partial charge in [-0.2, -0.15) is 84.1 Å². The molecule has 0 rings (SSSR count). The van der Waals surface area contributed by atoms with E-state index in [9.17, 15) is 107 Å². The third-order valence-corrected chi connectivity index (χ3v) is 5.09. The van der Waals surface area contributed by atoms with Crippen LogP contribution in [0.1, 0.15) is 62.3 Å². The van der Waals surface area contributed by atoms with Crippen molar-refractivity contribution in [3.63, 3.8) is 0 Å². The zero-order valence-electron chi connectivity index (χ0n) is 29.2. The smallest absolute Gasteiger partial charge is 0.400 e. The molecule has 1 radical (unpaired) electrons. The Morgan fingerprint density at radius 2 is 0.455 bits per heavy atom. The first-order valence-corrected chi connectivity index (χ1v) is 13.8. The van der Waals surface area contributed by atoms with Crippen LogP contribution in [-0.4, -0.2) is 71.4 Å². The molecule has 0 amide bonds. The van der Waals surface area contributed by atoms with Crippen molar-refractivity contribution >= 4 is 17.3 Å². The summed E-state index contributed by atoms with van der Waals surface area (Å²) in [6.07, 6.45) is -13.8. The van der Waals surface area contributed by atoms with Gasteiger partial charge in [0.05, 0.1) is 17.3 Å². The van der Waals surface area contributed by atoms with Crippen LogP contribution >= 0.6 is 0 Å². The molecule has 0 fully saturated rings. The van der Waals surface area contributed by atoms with Crippen LogP contribution in [0, 0.1) is 81.4 Å². The van der Waals surface area contributed by atoms with E-state index in [4.69, 9.17) is 0 Å². The molecule has 0 spiro atoms. The monoisotopic (exact) mass is 1010 g/mol. The zero-order valence-corrected chi connectivity index (χ0v) is 30.9. The van der Waals surface area contributed by atoms with Gasteiger partial charge in [0, 0.05) is 0 Å². The number of hydrogen-bond donors (Lipinski definition) is 0. The van der Waals surface area contributed by atoms with Gasteiger partial charge in [-0.1, -0.05) is 78.6 Å². The number of carbonyl (C=O) groups is 3. The summed E-state index contributed by atoms with van der Waals surface area (Å²) < 4.78 is 257. The molecule has 25 heteroatoms. The van der Waals surface area contributed by atoms with Crippen molar-refractivity contribution in [2.24, 2.45) is 16.2 Å². The van der Waals surface area contributed by atoms with E-state index in [1.807, 2.05) is 18.2 Å². The summed E-state index contributed by atoms with van der Waals surface area (Å²) in [5.74, 6) is -44.8. The molecule has 0 unspecified atom stereocenters. The number of halogens is 21. The van der Waals surface area contributed by atoms with Crippen molar-refractivity contribution in [3.05, 3.63) is 36.5 Å². The van der Waals surface area contributed by atoms with Crippen LogP contribution in [0.4, 0.5) is 92.2 Å². The Morgan fingerprint density at radius 3 is 0.545 bits per heavy atom. The van der Waals surface area contributed by atoms with Gasteiger partial charge in [0.25, 0.3) is 0 Å². The van der Waals surface area contributed by atoms with Gasteiger partial charge >= 0.3 is 101 Å². The molecule has 0 aromatic carbocycles. The van der Waals surface area contributed by atoms with Gasteiger partial charge in [-0.05, 0) is 0 Å². The average Bonchev–Trinajstić information content (AvgIpc) is 2.90. The molecule has 0 saturated heterocycles. The molecular formula is C30H30F21O3Yb. The Morgan fingerprint density at radius 1 is 0.327 bits per heavy atom. The second-order valence-corrected chi connectivity index (χ2v) is 13.6. The van der Waals surface area contributed by atoms with Crippen LogP contribution < -0.4 is 0 Å². The van der Waals surface area contributed by atoms with Gasteiger partial charge < -0.3 is 14.4 Å². The maximum Gasteiger partial charge on any atom is 3.00 e. The van der Waals surface area contributed by atoms with Crippen LogP contribution in [0.2, 0.25) is 0 Å². The number of rotatable bonds is 9. The maximum absolute atomic E-state index is 12.8. The largest absolute Gasteiger partial charge is 3.00 e. The number of alkyl halides is 21. The van der Waals surface area contributed by atoms with Gasteiger partial charge in [0.1, 0.15) is 0 Å². The van der Waals surface area contributed by atoms with Crippen LogP contribution in [-0.2, 0) is 14.4 Å². The fourth-order valence-electron chi connectivity index (χ4n) is 2.12.